The number of rotatable bonds is 3. The number of carbonyl (C=O) groups is 1. The van der Waals surface area contributed by atoms with Crippen LogP contribution >= 0.6 is 11.8 Å². The van der Waals surface area contributed by atoms with Gasteiger partial charge in [0.25, 0.3) is 0 Å². The highest BCUT2D eigenvalue weighted by atomic mass is 32.2. The van der Waals surface area contributed by atoms with Crippen LogP contribution in [0.3, 0.4) is 0 Å². The van der Waals surface area contributed by atoms with E-state index in [0.717, 1.165) is 4.90 Å². The van der Waals surface area contributed by atoms with E-state index in [1.807, 2.05) is 23.9 Å². The predicted octanol–water partition coefficient (Wildman–Crippen LogP) is 3.81. The molecule has 86 valence electrons. The van der Waals surface area contributed by atoms with Gasteiger partial charge in [-0.1, -0.05) is 25.3 Å². The Bertz CT molecular complexity index is 370. The molecule has 1 N–H and O–H groups in total. The Hall–Kier alpha value is -0.960. The van der Waals surface area contributed by atoms with Crippen molar-refractivity contribution in [2.24, 2.45) is 0 Å². The number of hydrogen-bond acceptors (Lipinski definition) is 2. The fourth-order valence-electron chi connectivity index (χ4n) is 2.08. The molecule has 1 aliphatic carbocycles. The first-order valence-corrected chi connectivity index (χ1v) is 6.64. The second-order valence-electron chi connectivity index (χ2n) is 4.21. The van der Waals surface area contributed by atoms with E-state index < -0.39 is 5.97 Å². The predicted molar refractivity (Wildman–Crippen MR) is 66.1 cm³/mol. The molecule has 0 spiro atoms. The van der Waals surface area contributed by atoms with Crippen molar-refractivity contribution in [1.82, 2.24) is 0 Å². The Labute approximate surface area is 100 Å². The van der Waals surface area contributed by atoms with Gasteiger partial charge in [0.1, 0.15) is 0 Å². The quantitative estimate of drug-likeness (QED) is 0.867. The Morgan fingerprint density at radius 1 is 1.25 bits per heavy atom. The van der Waals surface area contributed by atoms with Crippen LogP contribution in [0, 0.1) is 0 Å². The molecule has 1 fully saturated rings. The zero-order valence-electron chi connectivity index (χ0n) is 9.19. The van der Waals surface area contributed by atoms with Crippen molar-refractivity contribution in [2.75, 3.05) is 0 Å². The standard InChI is InChI=1S/C13H16O2S/c14-13(15)10-5-4-8-12(9-10)16-11-6-2-1-3-7-11/h4-5,8-9,11H,1-3,6-7H2,(H,14,15). The molecule has 1 aromatic rings. The molecule has 0 amide bonds. The average molecular weight is 236 g/mol. The summed E-state index contributed by atoms with van der Waals surface area (Å²) in [5.74, 6) is -0.842. The highest BCUT2D eigenvalue weighted by Crippen LogP contribution is 2.33. The minimum Gasteiger partial charge on any atom is -0.478 e. The van der Waals surface area contributed by atoms with E-state index in [4.69, 9.17) is 5.11 Å². The molecule has 0 heterocycles. The van der Waals surface area contributed by atoms with Gasteiger partial charge in [0.05, 0.1) is 5.56 Å². The van der Waals surface area contributed by atoms with Crippen LogP contribution in [0.15, 0.2) is 29.2 Å². The first kappa shape index (κ1) is 11.5. The Kier molecular flexibility index (Phi) is 3.88. The molecule has 0 saturated heterocycles. The van der Waals surface area contributed by atoms with E-state index in [-0.39, 0.29) is 0 Å². The molecule has 0 bridgehead atoms. The molecular formula is C13H16O2S. The maximum atomic E-state index is 10.8. The first-order valence-electron chi connectivity index (χ1n) is 5.76. The molecular weight excluding hydrogens is 220 g/mol. The summed E-state index contributed by atoms with van der Waals surface area (Å²) in [6.45, 7) is 0. The van der Waals surface area contributed by atoms with E-state index in [0.29, 0.717) is 10.8 Å². The molecule has 0 aromatic heterocycles. The summed E-state index contributed by atoms with van der Waals surface area (Å²) < 4.78 is 0. The summed E-state index contributed by atoms with van der Waals surface area (Å²) in [4.78, 5) is 11.9. The molecule has 3 heteroatoms. The van der Waals surface area contributed by atoms with Crippen molar-refractivity contribution in [3.63, 3.8) is 0 Å². The monoisotopic (exact) mass is 236 g/mol. The lowest BCUT2D eigenvalue weighted by Crippen LogP contribution is -2.07. The highest BCUT2D eigenvalue weighted by Gasteiger charge is 2.15. The van der Waals surface area contributed by atoms with E-state index in [1.54, 1.807) is 12.1 Å². The summed E-state index contributed by atoms with van der Waals surface area (Å²) >= 11 is 1.83. The summed E-state index contributed by atoms with van der Waals surface area (Å²) in [6, 6.07) is 7.26. The molecule has 16 heavy (non-hydrogen) atoms. The van der Waals surface area contributed by atoms with E-state index in [9.17, 15) is 4.79 Å². The molecule has 0 aliphatic heterocycles. The summed E-state index contributed by atoms with van der Waals surface area (Å²) in [5.41, 5.74) is 0.390. The van der Waals surface area contributed by atoms with E-state index in [1.165, 1.54) is 32.1 Å². The molecule has 1 saturated carbocycles. The smallest absolute Gasteiger partial charge is 0.335 e. The highest BCUT2D eigenvalue weighted by molar-refractivity contribution is 8.00. The topological polar surface area (TPSA) is 37.3 Å². The average Bonchev–Trinajstić information content (AvgIpc) is 2.30. The van der Waals surface area contributed by atoms with Crippen LogP contribution < -0.4 is 0 Å². The molecule has 2 rings (SSSR count). The van der Waals surface area contributed by atoms with Crippen LogP contribution in [0.1, 0.15) is 42.5 Å². The van der Waals surface area contributed by atoms with Crippen molar-refractivity contribution < 1.29 is 9.90 Å². The minimum atomic E-state index is -0.842. The number of hydrogen-bond donors (Lipinski definition) is 1. The van der Waals surface area contributed by atoms with Gasteiger partial charge in [-0.15, -0.1) is 11.8 Å². The number of aromatic carboxylic acids is 1. The Morgan fingerprint density at radius 2 is 2.00 bits per heavy atom. The fraction of sp³-hybridized carbons (Fsp3) is 0.462. The van der Waals surface area contributed by atoms with Crippen LogP contribution in [0.4, 0.5) is 0 Å². The fourth-order valence-corrected chi connectivity index (χ4v) is 3.38. The number of carboxylic acid groups (broad SMARTS) is 1. The van der Waals surface area contributed by atoms with Crippen molar-refractivity contribution in [2.45, 2.75) is 42.2 Å². The minimum absolute atomic E-state index is 0.390. The van der Waals surface area contributed by atoms with Gasteiger partial charge >= 0.3 is 5.97 Å². The largest absolute Gasteiger partial charge is 0.478 e. The maximum Gasteiger partial charge on any atom is 0.335 e. The second-order valence-corrected chi connectivity index (χ2v) is 5.58. The maximum absolute atomic E-state index is 10.8. The van der Waals surface area contributed by atoms with Crippen LogP contribution in [0.5, 0.6) is 0 Å². The van der Waals surface area contributed by atoms with Crippen molar-refractivity contribution >= 4 is 17.7 Å². The summed E-state index contributed by atoms with van der Waals surface area (Å²) in [6.07, 6.45) is 6.52. The van der Waals surface area contributed by atoms with Gasteiger partial charge in [-0.3, -0.25) is 0 Å². The van der Waals surface area contributed by atoms with Crippen LogP contribution in [-0.2, 0) is 0 Å². The molecule has 2 nitrogen and oxygen atoms in total. The van der Waals surface area contributed by atoms with E-state index in [2.05, 4.69) is 0 Å². The van der Waals surface area contributed by atoms with Gasteiger partial charge in [0, 0.05) is 10.1 Å². The third kappa shape index (κ3) is 3.01. The third-order valence-corrected chi connectivity index (χ3v) is 4.27. The third-order valence-electron chi connectivity index (χ3n) is 2.94. The zero-order valence-corrected chi connectivity index (χ0v) is 10.0. The first-order chi connectivity index (χ1) is 7.75. The lowest BCUT2D eigenvalue weighted by atomic mass is 10.0. The summed E-state index contributed by atoms with van der Waals surface area (Å²) in [7, 11) is 0. The van der Waals surface area contributed by atoms with Crippen LogP contribution in [0.25, 0.3) is 0 Å². The van der Waals surface area contributed by atoms with Crippen LogP contribution in [-0.4, -0.2) is 16.3 Å². The van der Waals surface area contributed by atoms with Gasteiger partial charge in [-0.2, -0.15) is 0 Å². The zero-order chi connectivity index (χ0) is 11.4. The lowest BCUT2D eigenvalue weighted by Gasteiger charge is -2.20. The van der Waals surface area contributed by atoms with Crippen molar-refractivity contribution in [3.05, 3.63) is 29.8 Å². The number of benzene rings is 1. The molecule has 0 radical (unpaired) electrons. The molecule has 1 aliphatic rings. The van der Waals surface area contributed by atoms with Gasteiger partial charge in [0.15, 0.2) is 0 Å². The van der Waals surface area contributed by atoms with Gasteiger partial charge in [-0.05, 0) is 31.0 Å². The van der Waals surface area contributed by atoms with Gasteiger partial charge in [-0.25, -0.2) is 4.79 Å². The Balaban J connectivity index is 2.02. The van der Waals surface area contributed by atoms with Crippen LogP contribution in [0.2, 0.25) is 0 Å². The summed E-state index contributed by atoms with van der Waals surface area (Å²) in [5, 5.41) is 9.58. The molecule has 0 unspecified atom stereocenters. The second kappa shape index (κ2) is 5.39. The molecule has 1 aromatic carbocycles. The SMILES string of the molecule is O=C(O)c1cccc(SC2CCCCC2)c1. The number of thioether (sulfide) groups is 1. The van der Waals surface area contributed by atoms with Crippen molar-refractivity contribution in [3.8, 4) is 0 Å². The Morgan fingerprint density at radius 3 is 2.69 bits per heavy atom. The number of carboxylic acids is 1. The molecule has 0 atom stereocenters. The van der Waals surface area contributed by atoms with Crippen molar-refractivity contribution in [1.29, 1.82) is 0 Å². The lowest BCUT2D eigenvalue weighted by molar-refractivity contribution is 0.0696. The normalized spacial score (nSPS) is 17.2. The van der Waals surface area contributed by atoms with Gasteiger partial charge < -0.3 is 5.11 Å². The van der Waals surface area contributed by atoms with E-state index >= 15 is 0 Å². The van der Waals surface area contributed by atoms with Gasteiger partial charge in [0.2, 0.25) is 0 Å².